The Labute approximate surface area is 156 Å². The molecular weight excluding hydrogens is 353 g/mol. The zero-order valence-electron chi connectivity index (χ0n) is 15.1. The Morgan fingerprint density at radius 1 is 1.07 bits per heavy atom. The summed E-state index contributed by atoms with van der Waals surface area (Å²) in [7, 11) is 1.58. The first-order chi connectivity index (χ1) is 12.9. The Balaban J connectivity index is 2.06. The minimum atomic E-state index is -4.37. The van der Waals surface area contributed by atoms with E-state index in [1.807, 2.05) is 37.3 Å². The molecule has 1 heterocycles. The molecule has 0 bridgehead atoms. The quantitative estimate of drug-likeness (QED) is 0.450. The van der Waals surface area contributed by atoms with Gasteiger partial charge in [-0.1, -0.05) is 37.3 Å². The van der Waals surface area contributed by atoms with Gasteiger partial charge in [0.25, 0.3) is 0 Å². The standard InChI is InChI=1S/C22H19F3O2/c1-3-6-18(26-2)14-21-19-8-5-4-7-16(19)13-20(27-21)15-9-11-17(12-10-15)22(23,24)25/h4-5,7-13H,3,6H2,1-2H3. The van der Waals surface area contributed by atoms with Crippen molar-refractivity contribution in [2.24, 2.45) is 0 Å². The van der Waals surface area contributed by atoms with E-state index in [0.29, 0.717) is 29.3 Å². The lowest BCUT2D eigenvalue weighted by atomic mass is 10.00. The molecule has 0 saturated heterocycles. The van der Waals surface area contributed by atoms with Crippen molar-refractivity contribution in [3.63, 3.8) is 0 Å². The molecule has 1 aliphatic rings. The summed E-state index contributed by atoms with van der Waals surface area (Å²) < 4.78 is 49.7. The lowest BCUT2D eigenvalue weighted by Crippen LogP contribution is -2.05. The van der Waals surface area contributed by atoms with Gasteiger partial charge in [0.2, 0.25) is 0 Å². The number of ether oxygens (including phenoxy) is 2. The number of hydrogen-bond acceptors (Lipinski definition) is 2. The number of benzene rings is 2. The van der Waals surface area contributed by atoms with E-state index < -0.39 is 11.7 Å². The molecule has 0 atom stereocenters. The molecule has 27 heavy (non-hydrogen) atoms. The fraction of sp³-hybridized carbons (Fsp3) is 0.227. The largest absolute Gasteiger partial charge is 0.493 e. The van der Waals surface area contributed by atoms with Crippen LogP contribution in [0.15, 0.2) is 60.0 Å². The van der Waals surface area contributed by atoms with Gasteiger partial charge in [0.05, 0.1) is 12.7 Å². The van der Waals surface area contributed by atoms with Crippen molar-refractivity contribution in [2.45, 2.75) is 25.9 Å². The average molecular weight is 372 g/mol. The summed E-state index contributed by atoms with van der Waals surface area (Å²) in [6.45, 7) is 2.04. The van der Waals surface area contributed by atoms with Crippen molar-refractivity contribution in [3.8, 4) is 0 Å². The predicted molar refractivity (Wildman–Crippen MR) is 99.2 cm³/mol. The van der Waals surface area contributed by atoms with Gasteiger partial charge in [0, 0.05) is 17.5 Å². The van der Waals surface area contributed by atoms with Gasteiger partial charge in [0.15, 0.2) is 5.76 Å². The summed E-state index contributed by atoms with van der Waals surface area (Å²) in [5.41, 5.74) is 4.81. The molecule has 2 aromatic carbocycles. The zero-order valence-corrected chi connectivity index (χ0v) is 15.1. The number of allylic oxidation sites excluding steroid dienone is 1. The molecule has 2 nitrogen and oxygen atoms in total. The van der Waals surface area contributed by atoms with Crippen LogP contribution in [0.5, 0.6) is 0 Å². The third-order valence-electron chi connectivity index (χ3n) is 4.18. The van der Waals surface area contributed by atoms with Gasteiger partial charge in [-0.15, -0.1) is 0 Å². The number of hydrogen-bond donors (Lipinski definition) is 0. The monoisotopic (exact) mass is 372 g/mol. The maximum atomic E-state index is 12.8. The predicted octanol–water partition coefficient (Wildman–Crippen LogP) is 6.50. The minimum Gasteiger partial charge on any atom is -0.493 e. The summed E-state index contributed by atoms with van der Waals surface area (Å²) in [4.78, 5) is 0. The first kappa shape index (κ1) is 18.9. The molecule has 1 aliphatic heterocycles. The first-order valence-electron chi connectivity index (χ1n) is 8.62. The Morgan fingerprint density at radius 3 is 2.41 bits per heavy atom. The average Bonchev–Trinajstić information content (AvgIpc) is 2.67. The molecule has 0 radical (unpaired) electrons. The van der Waals surface area contributed by atoms with Gasteiger partial charge in [-0.3, -0.25) is 0 Å². The van der Waals surface area contributed by atoms with Crippen LogP contribution in [0.2, 0.25) is 0 Å². The van der Waals surface area contributed by atoms with Gasteiger partial charge in [-0.05, 0) is 42.0 Å². The Hall–Kier alpha value is -2.91. The van der Waals surface area contributed by atoms with E-state index in [9.17, 15) is 13.2 Å². The van der Waals surface area contributed by atoms with Gasteiger partial charge >= 0.3 is 6.18 Å². The van der Waals surface area contributed by atoms with Gasteiger partial charge in [-0.25, -0.2) is 0 Å². The van der Waals surface area contributed by atoms with Crippen LogP contribution in [0.4, 0.5) is 13.2 Å². The highest BCUT2D eigenvalue weighted by molar-refractivity contribution is 5.88. The van der Waals surface area contributed by atoms with Gasteiger partial charge in [-0.2, -0.15) is 13.2 Å². The minimum absolute atomic E-state index is 0.469. The molecule has 140 valence electrons. The summed E-state index contributed by atoms with van der Waals surface area (Å²) in [5.74, 6) is 1.63. The second-order valence-corrected chi connectivity index (χ2v) is 6.10. The number of fused-ring (bicyclic) bond motifs is 1. The van der Waals surface area contributed by atoms with Crippen LogP contribution in [0, 0.1) is 0 Å². The van der Waals surface area contributed by atoms with E-state index in [1.54, 1.807) is 7.11 Å². The number of methoxy groups -OCH3 is 1. The summed E-state index contributed by atoms with van der Waals surface area (Å²) >= 11 is 0. The second kappa shape index (κ2) is 7.77. The van der Waals surface area contributed by atoms with Crippen LogP contribution in [0.25, 0.3) is 17.6 Å². The number of alkyl halides is 3. The summed E-state index contributed by atoms with van der Waals surface area (Å²) in [6, 6.07) is 12.6. The normalized spacial score (nSPS) is 13.2. The number of rotatable bonds is 4. The van der Waals surface area contributed by atoms with E-state index in [-0.39, 0.29) is 0 Å². The van der Waals surface area contributed by atoms with Gasteiger partial charge in [0.1, 0.15) is 11.5 Å². The maximum absolute atomic E-state index is 12.8. The lowest BCUT2D eigenvalue weighted by molar-refractivity contribution is -0.137. The zero-order chi connectivity index (χ0) is 19.4. The molecule has 0 N–H and O–H groups in total. The molecule has 3 rings (SSSR count). The Bertz CT molecular complexity index is 915. The first-order valence-corrected chi connectivity index (χ1v) is 8.62. The lowest BCUT2D eigenvalue weighted by Gasteiger charge is -2.20. The van der Waals surface area contributed by atoms with Crippen molar-refractivity contribution < 1.29 is 22.6 Å². The SMILES string of the molecule is CCCC(=C=C1OC(c2ccc(C(F)(F)F)cc2)=Cc2ccccc21)OC. The fourth-order valence-electron chi connectivity index (χ4n) is 2.79. The van der Waals surface area contributed by atoms with Crippen LogP contribution in [-0.2, 0) is 15.7 Å². The van der Waals surface area contributed by atoms with E-state index in [1.165, 1.54) is 12.1 Å². The van der Waals surface area contributed by atoms with E-state index >= 15 is 0 Å². The maximum Gasteiger partial charge on any atom is 0.416 e. The number of halogens is 3. The highest BCUT2D eigenvalue weighted by atomic mass is 19.4. The van der Waals surface area contributed by atoms with Crippen molar-refractivity contribution in [1.82, 2.24) is 0 Å². The molecule has 0 spiro atoms. The highest BCUT2D eigenvalue weighted by Crippen LogP contribution is 2.36. The van der Waals surface area contributed by atoms with Crippen molar-refractivity contribution in [1.29, 1.82) is 0 Å². The van der Waals surface area contributed by atoms with Gasteiger partial charge < -0.3 is 9.47 Å². The molecule has 0 aromatic heterocycles. The Kier molecular flexibility index (Phi) is 5.43. The molecule has 0 amide bonds. The van der Waals surface area contributed by atoms with E-state index in [2.05, 4.69) is 5.73 Å². The molecule has 5 heteroatoms. The molecular formula is C22H19F3O2. The van der Waals surface area contributed by atoms with Crippen LogP contribution in [0.1, 0.15) is 42.0 Å². The summed E-state index contributed by atoms with van der Waals surface area (Å²) in [6.07, 6.45) is -0.943. The molecule has 0 aliphatic carbocycles. The van der Waals surface area contributed by atoms with Crippen molar-refractivity contribution >= 4 is 17.6 Å². The van der Waals surface area contributed by atoms with Crippen LogP contribution in [0.3, 0.4) is 0 Å². The second-order valence-electron chi connectivity index (χ2n) is 6.10. The fourth-order valence-corrected chi connectivity index (χ4v) is 2.79. The summed E-state index contributed by atoms with van der Waals surface area (Å²) in [5, 5.41) is 0. The molecule has 0 fully saturated rings. The van der Waals surface area contributed by atoms with Crippen LogP contribution in [-0.4, -0.2) is 7.11 Å². The third kappa shape index (κ3) is 4.26. The molecule has 2 aromatic rings. The van der Waals surface area contributed by atoms with Crippen molar-refractivity contribution in [3.05, 3.63) is 82.3 Å². The molecule has 0 saturated carbocycles. The van der Waals surface area contributed by atoms with Crippen LogP contribution >= 0.6 is 0 Å². The van der Waals surface area contributed by atoms with E-state index in [0.717, 1.165) is 29.7 Å². The van der Waals surface area contributed by atoms with E-state index in [4.69, 9.17) is 9.47 Å². The third-order valence-corrected chi connectivity index (χ3v) is 4.18. The topological polar surface area (TPSA) is 18.5 Å². The van der Waals surface area contributed by atoms with Crippen molar-refractivity contribution in [2.75, 3.05) is 7.11 Å². The Morgan fingerprint density at radius 2 is 1.78 bits per heavy atom. The highest BCUT2D eigenvalue weighted by Gasteiger charge is 2.30. The molecule has 0 unspecified atom stereocenters. The smallest absolute Gasteiger partial charge is 0.416 e. The van der Waals surface area contributed by atoms with Crippen LogP contribution < -0.4 is 0 Å².